The zero-order valence-corrected chi connectivity index (χ0v) is 13.9. The number of ketones is 1. The molecular formula is C19H22O4. The smallest absolute Gasteiger partial charge is 0.196 e. The van der Waals surface area contributed by atoms with Crippen LogP contribution in [0.15, 0.2) is 42.5 Å². The molecule has 0 saturated heterocycles. The summed E-state index contributed by atoms with van der Waals surface area (Å²) in [5.41, 5.74) is 0.743. The van der Waals surface area contributed by atoms with Gasteiger partial charge in [-0.05, 0) is 64.1 Å². The molecule has 0 aliphatic carbocycles. The SMILES string of the molecule is CC(C)Oc1ccc(C(=O)c2ccc(OC(C)C)cc2O)cc1. The van der Waals surface area contributed by atoms with E-state index in [0.717, 1.165) is 0 Å². The fraction of sp³-hybridized carbons (Fsp3) is 0.316. The van der Waals surface area contributed by atoms with E-state index < -0.39 is 0 Å². The highest BCUT2D eigenvalue weighted by atomic mass is 16.5. The molecule has 0 atom stereocenters. The van der Waals surface area contributed by atoms with Crippen molar-refractivity contribution in [2.45, 2.75) is 39.9 Å². The summed E-state index contributed by atoms with van der Waals surface area (Å²) in [6, 6.07) is 11.6. The normalized spacial score (nSPS) is 10.9. The van der Waals surface area contributed by atoms with E-state index in [2.05, 4.69) is 0 Å². The fourth-order valence-corrected chi connectivity index (χ4v) is 2.16. The third-order valence-corrected chi connectivity index (χ3v) is 3.07. The average molecular weight is 314 g/mol. The fourth-order valence-electron chi connectivity index (χ4n) is 2.16. The van der Waals surface area contributed by atoms with E-state index in [1.807, 2.05) is 27.7 Å². The summed E-state index contributed by atoms with van der Waals surface area (Å²) in [6.07, 6.45) is 0.0820. The quantitative estimate of drug-likeness (QED) is 0.812. The summed E-state index contributed by atoms with van der Waals surface area (Å²) >= 11 is 0. The lowest BCUT2D eigenvalue weighted by Gasteiger charge is -2.12. The zero-order chi connectivity index (χ0) is 17.0. The minimum Gasteiger partial charge on any atom is -0.507 e. The molecule has 0 aliphatic rings. The predicted octanol–water partition coefficient (Wildman–Crippen LogP) is 4.20. The first kappa shape index (κ1) is 16.9. The van der Waals surface area contributed by atoms with Crippen molar-refractivity contribution in [3.8, 4) is 17.2 Å². The molecule has 23 heavy (non-hydrogen) atoms. The lowest BCUT2D eigenvalue weighted by Crippen LogP contribution is -2.07. The average Bonchev–Trinajstić information content (AvgIpc) is 2.46. The van der Waals surface area contributed by atoms with Gasteiger partial charge in [-0.2, -0.15) is 0 Å². The van der Waals surface area contributed by atoms with Gasteiger partial charge < -0.3 is 14.6 Å². The van der Waals surface area contributed by atoms with Gasteiger partial charge >= 0.3 is 0 Å². The molecule has 0 saturated carbocycles. The molecule has 4 heteroatoms. The van der Waals surface area contributed by atoms with Crippen LogP contribution in [0.2, 0.25) is 0 Å². The minimum atomic E-state index is -0.241. The molecule has 1 N–H and O–H groups in total. The summed E-state index contributed by atoms with van der Waals surface area (Å²) in [5, 5.41) is 10.1. The molecule has 0 spiro atoms. The first-order valence-corrected chi connectivity index (χ1v) is 7.68. The van der Waals surface area contributed by atoms with E-state index in [4.69, 9.17) is 9.47 Å². The summed E-state index contributed by atoms with van der Waals surface area (Å²) in [7, 11) is 0. The Morgan fingerprint density at radius 2 is 1.39 bits per heavy atom. The molecule has 0 fully saturated rings. The van der Waals surface area contributed by atoms with Crippen LogP contribution in [0.25, 0.3) is 0 Å². The first-order chi connectivity index (χ1) is 10.9. The molecule has 0 bridgehead atoms. The maximum absolute atomic E-state index is 12.5. The van der Waals surface area contributed by atoms with Gasteiger partial charge in [0.15, 0.2) is 5.78 Å². The van der Waals surface area contributed by atoms with Crippen molar-refractivity contribution in [3.05, 3.63) is 53.6 Å². The van der Waals surface area contributed by atoms with Crippen LogP contribution in [-0.4, -0.2) is 23.1 Å². The van der Waals surface area contributed by atoms with Gasteiger partial charge in [-0.15, -0.1) is 0 Å². The van der Waals surface area contributed by atoms with Crippen molar-refractivity contribution in [1.82, 2.24) is 0 Å². The number of aromatic hydroxyl groups is 1. The molecule has 0 aliphatic heterocycles. The number of benzene rings is 2. The Kier molecular flexibility index (Phi) is 5.27. The number of hydrogen-bond acceptors (Lipinski definition) is 4. The molecule has 2 aromatic rings. The van der Waals surface area contributed by atoms with E-state index in [1.165, 1.54) is 6.07 Å². The molecule has 2 aromatic carbocycles. The van der Waals surface area contributed by atoms with E-state index in [1.54, 1.807) is 36.4 Å². The van der Waals surface area contributed by atoms with Crippen molar-refractivity contribution in [2.75, 3.05) is 0 Å². The Bertz CT molecular complexity index is 672. The zero-order valence-electron chi connectivity index (χ0n) is 13.9. The van der Waals surface area contributed by atoms with Gasteiger partial charge in [0, 0.05) is 11.6 Å². The number of carbonyl (C=O) groups excluding carboxylic acids is 1. The van der Waals surface area contributed by atoms with Crippen LogP contribution in [0.3, 0.4) is 0 Å². The number of phenols is 1. The topological polar surface area (TPSA) is 55.8 Å². The highest BCUT2D eigenvalue weighted by Gasteiger charge is 2.15. The van der Waals surface area contributed by atoms with Gasteiger partial charge in [0.1, 0.15) is 17.2 Å². The highest BCUT2D eigenvalue weighted by molar-refractivity contribution is 6.10. The van der Waals surface area contributed by atoms with E-state index in [0.29, 0.717) is 17.1 Å². The third kappa shape index (κ3) is 4.49. The van der Waals surface area contributed by atoms with E-state index in [-0.39, 0.29) is 29.3 Å². The van der Waals surface area contributed by atoms with Crippen molar-refractivity contribution < 1.29 is 19.4 Å². The Morgan fingerprint density at radius 3 is 1.91 bits per heavy atom. The van der Waals surface area contributed by atoms with Crippen molar-refractivity contribution in [2.24, 2.45) is 0 Å². The van der Waals surface area contributed by atoms with Gasteiger partial charge in [0.25, 0.3) is 0 Å². The summed E-state index contributed by atoms with van der Waals surface area (Å²) in [5.74, 6) is 0.918. The van der Waals surface area contributed by atoms with Crippen LogP contribution in [0.5, 0.6) is 17.2 Å². The maximum atomic E-state index is 12.5. The number of hydrogen-bond donors (Lipinski definition) is 1. The Hall–Kier alpha value is -2.49. The second-order valence-corrected chi connectivity index (χ2v) is 5.87. The Balaban J connectivity index is 2.19. The highest BCUT2D eigenvalue weighted by Crippen LogP contribution is 2.27. The molecule has 0 heterocycles. The monoisotopic (exact) mass is 314 g/mol. The van der Waals surface area contributed by atoms with Crippen LogP contribution < -0.4 is 9.47 Å². The molecule has 0 amide bonds. The maximum Gasteiger partial charge on any atom is 0.196 e. The van der Waals surface area contributed by atoms with Gasteiger partial charge in [-0.1, -0.05) is 0 Å². The first-order valence-electron chi connectivity index (χ1n) is 7.68. The van der Waals surface area contributed by atoms with Crippen LogP contribution in [0, 0.1) is 0 Å². The Morgan fingerprint density at radius 1 is 0.870 bits per heavy atom. The summed E-state index contributed by atoms with van der Waals surface area (Å²) in [6.45, 7) is 7.68. The second-order valence-electron chi connectivity index (χ2n) is 5.87. The van der Waals surface area contributed by atoms with Crippen LogP contribution >= 0.6 is 0 Å². The van der Waals surface area contributed by atoms with E-state index in [9.17, 15) is 9.90 Å². The van der Waals surface area contributed by atoms with Crippen LogP contribution in [0.4, 0.5) is 0 Å². The van der Waals surface area contributed by atoms with Gasteiger partial charge in [-0.3, -0.25) is 4.79 Å². The summed E-state index contributed by atoms with van der Waals surface area (Å²) < 4.78 is 11.1. The molecule has 2 rings (SSSR count). The molecule has 0 unspecified atom stereocenters. The molecule has 122 valence electrons. The predicted molar refractivity (Wildman–Crippen MR) is 89.5 cm³/mol. The minimum absolute atomic E-state index is 0.00412. The van der Waals surface area contributed by atoms with Gasteiger partial charge in [0.05, 0.1) is 17.8 Å². The molecular weight excluding hydrogens is 292 g/mol. The van der Waals surface area contributed by atoms with Crippen molar-refractivity contribution >= 4 is 5.78 Å². The number of rotatable bonds is 6. The molecule has 0 aromatic heterocycles. The van der Waals surface area contributed by atoms with Crippen molar-refractivity contribution in [1.29, 1.82) is 0 Å². The Labute approximate surface area is 136 Å². The lowest BCUT2D eigenvalue weighted by molar-refractivity contribution is 0.103. The molecule has 0 radical (unpaired) electrons. The largest absolute Gasteiger partial charge is 0.507 e. The number of ether oxygens (including phenoxy) is 2. The second kappa shape index (κ2) is 7.18. The number of phenolic OH excluding ortho intramolecular Hbond substituents is 1. The van der Waals surface area contributed by atoms with Crippen molar-refractivity contribution in [3.63, 3.8) is 0 Å². The summed E-state index contributed by atoms with van der Waals surface area (Å²) in [4.78, 5) is 12.5. The van der Waals surface area contributed by atoms with Crippen LogP contribution in [0.1, 0.15) is 43.6 Å². The van der Waals surface area contributed by atoms with Crippen LogP contribution in [-0.2, 0) is 0 Å². The molecule has 4 nitrogen and oxygen atoms in total. The van der Waals surface area contributed by atoms with Gasteiger partial charge in [0.2, 0.25) is 0 Å². The standard InChI is InChI=1S/C19H22O4/c1-12(2)22-15-7-5-14(6-8-15)19(21)17-10-9-16(11-18(17)20)23-13(3)4/h5-13,20H,1-4H3. The van der Waals surface area contributed by atoms with E-state index >= 15 is 0 Å². The third-order valence-electron chi connectivity index (χ3n) is 3.07. The lowest BCUT2D eigenvalue weighted by atomic mass is 10.0. The number of carbonyl (C=O) groups is 1. The van der Waals surface area contributed by atoms with Gasteiger partial charge in [-0.25, -0.2) is 0 Å².